The van der Waals surface area contributed by atoms with E-state index in [0.29, 0.717) is 0 Å². The zero-order valence-corrected chi connectivity index (χ0v) is 20.0. The molecular weight excluding hydrogens is 426 g/mol. The monoisotopic (exact) mass is 449 g/mol. The molecule has 1 aromatic heterocycles. The quantitative estimate of drug-likeness (QED) is 0.266. The average molecular weight is 450 g/mol. The topological polar surface area (TPSA) is 12.9 Å². The molecule has 0 spiro atoms. The minimum Gasteiger partial charge on any atom is -0.261 e. The molecule has 0 aliphatic carbocycles. The first-order chi connectivity index (χ1) is 16.8. The maximum absolute atomic E-state index is 4.83. The third-order valence-electron chi connectivity index (χ3n) is 7.44. The summed E-state index contributed by atoms with van der Waals surface area (Å²) in [5.41, 5.74) is 3.82. The third kappa shape index (κ3) is 2.46. The summed E-state index contributed by atoms with van der Waals surface area (Å²) in [5.74, 6) is 0. The Morgan fingerprint density at radius 3 is 1.85 bits per heavy atom. The summed E-state index contributed by atoms with van der Waals surface area (Å²) in [5, 5.41) is 11.0. The highest BCUT2D eigenvalue weighted by Crippen LogP contribution is 2.39. The van der Waals surface area contributed by atoms with Crippen molar-refractivity contribution >= 4 is 50.4 Å². The minimum absolute atomic E-state index is 1.06. The van der Waals surface area contributed by atoms with Crippen molar-refractivity contribution in [1.29, 1.82) is 0 Å². The molecule has 34 heavy (non-hydrogen) atoms. The molecule has 1 aliphatic heterocycles. The minimum atomic E-state index is -2.56. The fourth-order valence-corrected chi connectivity index (χ4v) is 11.6. The molecule has 7 rings (SSSR count). The van der Waals surface area contributed by atoms with E-state index < -0.39 is 8.07 Å². The lowest BCUT2D eigenvalue weighted by molar-refractivity contribution is 1.23. The first-order valence-electron chi connectivity index (χ1n) is 11.8. The molecule has 0 unspecified atom stereocenters. The van der Waals surface area contributed by atoms with Gasteiger partial charge in [-0.2, -0.15) is 0 Å². The average Bonchev–Trinajstić information content (AvgIpc) is 3.22. The number of fused-ring (bicyclic) bond motifs is 8. The summed E-state index contributed by atoms with van der Waals surface area (Å²) in [6, 6.07) is 42.7. The van der Waals surface area contributed by atoms with Crippen LogP contribution in [0.3, 0.4) is 0 Å². The van der Waals surface area contributed by atoms with E-state index in [-0.39, 0.29) is 0 Å². The van der Waals surface area contributed by atoms with Gasteiger partial charge in [-0.3, -0.25) is 4.98 Å². The van der Waals surface area contributed by atoms with Gasteiger partial charge in [0.15, 0.2) is 8.07 Å². The van der Waals surface area contributed by atoms with Gasteiger partial charge in [0.2, 0.25) is 0 Å². The second-order valence-corrected chi connectivity index (χ2v) is 12.9. The van der Waals surface area contributed by atoms with Crippen LogP contribution >= 0.6 is 0 Å². The molecule has 1 aliphatic rings. The van der Waals surface area contributed by atoms with Gasteiger partial charge in [-0.05, 0) is 61.0 Å². The van der Waals surface area contributed by atoms with Gasteiger partial charge in [-0.1, -0.05) is 109 Å². The number of hydrogen-bond donors (Lipinski definition) is 0. The zero-order chi connectivity index (χ0) is 22.7. The molecule has 2 heteroatoms. The van der Waals surface area contributed by atoms with Crippen LogP contribution in [0.4, 0.5) is 0 Å². The number of pyridine rings is 1. The standard InChI is InChI=1S/C32H23NSi/c1-22-20-28-25-16-8-9-17-26(25)31-27-18-10-11-19-30(27)34(23-12-4-2-5-13-23,24-14-6-3-7-15-24)32(31)29(28)21-33-22/h2-21H,1H3. The Labute approximate surface area is 200 Å². The van der Waals surface area contributed by atoms with Crippen molar-refractivity contribution in [3.8, 4) is 11.1 Å². The number of benzene rings is 5. The van der Waals surface area contributed by atoms with Crippen molar-refractivity contribution in [2.75, 3.05) is 0 Å². The van der Waals surface area contributed by atoms with E-state index in [9.17, 15) is 0 Å². The predicted molar refractivity (Wildman–Crippen MR) is 147 cm³/mol. The molecule has 0 fully saturated rings. The van der Waals surface area contributed by atoms with Crippen LogP contribution in [0.2, 0.25) is 0 Å². The van der Waals surface area contributed by atoms with Gasteiger partial charge in [0.25, 0.3) is 0 Å². The summed E-state index contributed by atoms with van der Waals surface area (Å²) < 4.78 is 0. The Morgan fingerprint density at radius 1 is 0.559 bits per heavy atom. The van der Waals surface area contributed by atoms with E-state index in [1.165, 1.54) is 53.4 Å². The Hall–Kier alpha value is -4.01. The second kappa shape index (κ2) is 7.24. The fraction of sp³-hybridized carbons (Fsp3) is 0.0312. The lowest BCUT2D eigenvalue weighted by atomic mass is 9.94. The van der Waals surface area contributed by atoms with E-state index >= 15 is 0 Å². The fourth-order valence-electron chi connectivity index (χ4n) is 6.16. The molecule has 0 radical (unpaired) electrons. The number of aryl methyl sites for hydroxylation is 1. The van der Waals surface area contributed by atoms with Crippen molar-refractivity contribution in [2.24, 2.45) is 0 Å². The van der Waals surface area contributed by atoms with Gasteiger partial charge in [0.1, 0.15) is 0 Å². The van der Waals surface area contributed by atoms with E-state index in [0.717, 1.165) is 5.69 Å². The van der Waals surface area contributed by atoms with Crippen LogP contribution in [0, 0.1) is 6.92 Å². The van der Waals surface area contributed by atoms with Gasteiger partial charge in [0.05, 0.1) is 0 Å². The molecule has 2 heterocycles. The van der Waals surface area contributed by atoms with E-state index in [4.69, 9.17) is 4.98 Å². The van der Waals surface area contributed by atoms with Crippen molar-refractivity contribution in [2.45, 2.75) is 6.92 Å². The molecule has 0 amide bonds. The highest BCUT2D eigenvalue weighted by molar-refractivity contribution is 7.23. The molecule has 6 aromatic rings. The second-order valence-electron chi connectivity index (χ2n) is 9.19. The van der Waals surface area contributed by atoms with Crippen LogP contribution in [0.15, 0.2) is 121 Å². The zero-order valence-electron chi connectivity index (χ0n) is 19.0. The van der Waals surface area contributed by atoms with E-state index in [1.54, 1.807) is 0 Å². The largest absolute Gasteiger partial charge is 0.261 e. The molecule has 0 saturated heterocycles. The summed E-state index contributed by atoms with van der Waals surface area (Å²) in [6.45, 7) is 2.09. The predicted octanol–water partition coefficient (Wildman–Crippen LogP) is 5.05. The van der Waals surface area contributed by atoms with Crippen LogP contribution in [-0.4, -0.2) is 13.1 Å². The molecule has 0 bridgehead atoms. The Bertz CT molecular complexity index is 1670. The molecule has 5 aromatic carbocycles. The van der Waals surface area contributed by atoms with Gasteiger partial charge in [0, 0.05) is 17.3 Å². The van der Waals surface area contributed by atoms with Gasteiger partial charge in [-0.25, -0.2) is 0 Å². The third-order valence-corrected chi connectivity index (χ3v) is 12.3. The lowest BCUT2D eigenvalue weighted by Gasteiger charge is -2.32. The van der Waals surface area contributed by atoms with Gasteiger partial charge < -0.3 is 0 Å². The van der Waals surface area contributed by atoms with Crippen LogP contribution in [-0.2, 0) is 0 Å². The molecule has 0 saturated carbocycles. The maximum Gasteiger partial charge on any atom is 0.181 e. The summed E-state index contributed by atoms with van der Waals surface area (Å²) in [7, 11) is -2.56. The first-order valence-corrected chi connectivity index (χ1v) is 13.8. The Kier molecular flexibility index (Phi) is 4.14. The molecule has 1 nitrogen and oxygen atoms in total. The lowest BCUT2D eigenvalue weighted by Crippen LogP contribution is -2.73. The number of nitrogens with zero attached hydrogens (tertiary/aromatic N) is 1. The smallest absolute Gasteiger partial charge is 0.181 e. The molecule has 0 atom stereocenters. The van der Waals surface area contributed by atoms with E-state index in [2.05, 4.69) is 128 Å². The highest BCUT2D eigenvalue weighted by atomic mass is 28.3. The Balaban J connectivity index is 1.81. The van der Waals surface area contributed by atoms with Crippen molar-refractivity contribution in [3.05, 3.63) is 127 Å². The Morgan fingerprint density at radius 2 is 1.15 bits per heavy atom. The molecule has 0 N–H and O–H groups in total. The first kappa shape index (κ1) is 19.5. The summed E-state index contributed by atoms with van der Waals surface area (Å²) in [6.07, 6.45) is 2.13. The van der Waals surface area contributed by atoms with E-state index in [1.807, 2.05) is 0 Å². The van der Waals surface area contributed by atoms with Crippen LogP contribution < -0.4 is 20.7 Å². The SMILES string of the molecule is Cc1cc2c(cn1)c1c(c3ccccc32)-c2ccccc2[Si]1(c1ccccc1)c1ccccc1. The van der Waals surface area contributed by atoms with Crippen molar-refractivity contribution in [3.63, 3.8) is 0 Å². The molecule has 160 valence electrons. The van der Waals surface area contributed by atoms with Crippen LogP contribution in [0.1, 0.15) is 5.69 Å². The number of rotatable bonds is 2. The van der Waals surface area contributed by atoms with Gasteiger partial charge in [-0.15, -0.1) is 0 Å². The normalized spacial score (nSPS) is 13.7. The van der Waals surface area contributed by atoms with Crippen LogP contribution in [0.25, 0.3) is 32.7 Å². The highest BCUT2D eigenvalue weighted by Gasteiger charge is 2.50. The summed E-state index contributed by atoms with van der Waals surface area (Å²) in [4.78, 5) is 4.83. The maximum atomic E-state index is 4.83. The number of hydrogen-bond acceptors (Lipinski definition) is 1. The van der Waals surface area contributed by atoms with Crippen molar-refractivity contribution in [1.82, 2.24) is 4.98 Å². The number of aromatic nitrogens is 1. The van der Waals surface area contributed by atoms with Crippen molar-refractivity contribution < 1.29 is 0 Å². The summed E-state index contributed by atoms with van der Waals surface area (Å²) >= 11 is 0. The van der Waals surface area contributed by atoms with Crippen LogP contribution in [0.5, 0.6) is 0 Å². The van der Waals surface area contributed by atoms with Gasteiger partial charge >= 0.3 is 0 Å². The molecular formula is C32H23NSi.